The molecule has 4 rings (SSSR count). The third kappa shape index (κ3) is 4.19. The second kappa shape index (κ2) is 7.92. The molecule has 5 heteroatoms. The van der Waals surface area contributed by atoms with Crippen LogP contribution in [0.25, 0.3) is 11.3 Å². The summed E-state index contributed by atoms with van der Waals surface area (Å²) in [5, 5.41) is 0. The van der Waals surface area contributed by atoms with Crippen molar-refractivity contribution in [2.75, 3.05) is 13.1 Å². The highest BCUT2D eigenvalue weighted by Crippen LogP contribution is 2.32. The minimum Gasteiger partial charge on any atom is -0.298 e. The maximum atomic E-state index is 13.7. The van der Waals surface area contributed by atoms with Gasteiger partial charge < -0.3 is 0 Å². The first-order chi connectivity index (χ1) is 13.2. The van der Waals surface area contributed by atoms with Crippen LogP contribution in [-0.4, -0.2) is 28.0 Å². The molecule has 0 spiro atoms. The van der Waals surface area contributed by atoms with Crippen LogP contribution in [0, 0.1) is 11.6 Å². The van der Waals surface area contributed by atoms with Gasteiger partial charge in [-0.3, -0.25) is 14.9 Å². The molecule has 1 saturated heterocycles. The highest BCUT2D eigenvalue weighted by Gasteiger charge is 2.25. The fourth-order valence-electron chi connectivity index (χ4n) is 3.78. The number of benzene rings is 2. The molecule has 1 aliphatic rings. The molecule has 1 aromatic heterocycles. The zero-order chi connectivity index (χ0) is 18.6. The molecule has 138 valence electrons. The summed E-state index contributed by atoms with van der Waals surface area (Å²) in [6.07, 6.45) is 5.45. The van der Waals surface area contributed by atoms with Gasteiger partial charge in [-0.15, -0.1) is 0 Å². The summed E-state index contributed by atoms with van der Waals surface area (Å²) >= 11 is 0. The van der Waals surface area contributed by atoms with Crippen molar-refractivity contribution < 1.29 is 8.78 Å². The van der Waals surface area contributed by atoms with Gasteiger partial charge in [0.2, 0.25) is 0 Å². The Morgan fingerprint density at radius 3 is 2.59 bits per heavy atom. The molecule has 0 radical (unpaired) electrons. The molecule has 1 atom stereocenters. The fourth-order valence-corrected chi connectivity index (χ4v) is 3.78. The minimum atomic E-state index is -0.273. The molecule has 3 nitrogen and oxygen atoms in total. The van der Waals surface area contributed by atoms with E-state index < -0.39 is 0 Å². The van der Waals surface area contributed by atoms with Gasteiger partial charge in [0.15, 0.2) is 0 Å². The highest BCUT2D eigenvalue weighted by molar-refractivity contribution is 5.62. The summed E-state index contributed by atoms with van der Waals surface area (Å²) < 4.78 is 26.8. The first-order valence-electron chi connectivity index (χ1n) is 9.23. The molecule has 1 unspecified atom stereocenters. The average Bonchev–Trinajstić information content (AvgIpc) is 2.70. The predicted octanol–water partition coefficient (Wildman–Crippen LogP) is 4.80. The smallest absolute Gasteiger partial charge is 0.123 e. The lowest BCUT2D eigenvalue weighted by Gasteiger charge is -2.33. The van der Waals surface area contributed by atoms with Crippen molar-refractivity contribution >= 4 is 0 Å². The van der Waals surface area contributed by atoms with Gasteiger partial charge in [0, 0.05) is 37.0 Å². The second-order valence-corrected chi connectivity index (χ2v) is 7.00. The molecule has 0 bridgehead atoms. The van der Waals surface area contributed by atoms with Crippen molar-refractivity contribution in [3.05, 3.63) is 83.8 Å². The standard InChI is InChI=1S/C22H21F2N3/c23-19-8-6-16(7-9-19)14-27-12-2-4-18(15-27)22-21(25-10-11-26-22)17-3-1-5-20(24)13-17/h1,3,5-11,13,18H,2,4,12,14-15H2. The minimum absolute atomic E-state index is 0.213. The summed E-state index contributed by atoms with van der Waals surface area (Å²) in [4.78, 5) is 11.5. The Kier molecular flexibility index (Phi) is 5.21. The third-order valence-corrected chi connectivity index (χ3v) is 5.04. The molecule has 1 fully saturated rings. The first-order valence-corrected chi connectivity index (χ1v) is 9.23. The van der Waals surface area contributed by atoms with Crippen LogP contribution in [0.15, 0.2) is 60.9 Å². The van der Waals surface area contributed by atoms with Crippen LogP contribution in [0.3, 0.4) is 0 Å². The van der Waals surface area contributed by atoms with Crippen LogP contribution in [-0.2, 0) is 6.54 Å². The van der Waals surface area contributed by atoms with Gasteiger partial charge in [0.25, 0.3) is 0 Å². The van der Waals surface area contributed by atoms with Crippen LogP contribution in [0.2, 0.25) is 0 Å². The van der Waals surface area contributed by atoms with E-state index in [9.17, 15) is 8.78 Å². The zero-order valence-corrected chi connectivity index (χ0v) is 15.0. The Morgan fingerprint density at radius 1 is 0.963 bits per heavy atom. The quantitative estimate of drug-likeness (QED) is 0.665. The molecular formula is C22H21F2N3. The average molecular weight is 365 g/mol. The van der Waals surface area contributed by atoms with Crippen LogP contribution >= 0.6 is 0 Å². The number of hydrogen-bond acceptors (Lipinski definition) is 3. The van der Waals surface area contributed by atoms with Crippen LogP contribution in [0.5, 0.6) is 0 Å². The summed E-state index contributed by atoms with van der Waals surface area (Å²) in [5.74, 6) is -0.244. The van der Waals surface area contributed by atoms with E-state index in [0.717, 1.165) is 55.0 Å². The molecule has 1 aliphatic heterocycles. The fraction of sp³-hybridized carbons (Fsp3) is 0.273. The summed E-state index contributed by atoms with van der Waals surface area (Å²) in [7, 11) is 0. The number of piperidine rings is 1. The van der Waals surface area contributed by atoms with Gasteiger partial charge >= 0.3 is 0 Å². The van der Waals surface area contributed by atoms with Gasteiger partial charge in [0.05, 0.1) is 11.4 Å². The largest absolute Gasteiger partial charge is 0.298 e. The maximum absolute atomic E-state index is 13.7. The number of rotatable bonds is 4. The molecule has 0 saturated carbocycles. The second-order valence-electron chi connectivity index (χ2n) is 7.00. The third-order valence-electron chi connectivity index (χ3n) is 5.04. The van der Waals surface area contributed by atoms with E-state index in [1.807, 2.05) is 18.2 Å². The SMILES string of the molecule is Fc1ccc(CN2CCCC(c3nccnc3-c3cccc(F)c3)C2)cc1. The van der Waals surface area contributed by atoms with E-state index in [2.05, 4.69) is 14.9 Å². The van der Waals surface area contributed by atoms with E-state index in [1.165, 1.54) is 24.3 Å². The predicted molar refractivity (Wildman–Crippen MR) is 101 cm³/mol. The number of nitrogens with zero attached hydrogens (tertiary/aromatic N) is 3. The van der Waals surface area contributed by atoms with Crippen molar-refractivity contribution in [2.45, 2.75) is 25.3 Å². The maximum Gasteiger partial charge on any atom is 0.123 e. The zero-order valence-electron chi connectivity index (χ0n) is 15.0. The molecule has 0 N–H and O–H groups in total. The van der Waals surface area contributed by atoms with Crippen molar-refractivity contribution in [3.8, 4) is 11.3 Å². The molecule has 3 aromatic rings. The lowest BCUT2D eigenvalue weighted by molar-refractivity contribution is 0.198. The Bertz CT molecular complexity index is 911. The molecule has 0 amide bonds. The topological polar surface area (TPSA) is 29.0 Å². The molecule has 27 heavy (non-hydrogen) atoms. The molecule has 0 aliphatic carbocycles. The highest BCUT2D eigenvalue weighted by atomic mass is 19.1. The van der Waals surface area contributed by atoms with E-state index in [-0.39, 0.29) is 17.6 Å². The van der Waals surface area contributed by atoms with Crippen LogP contribution in [0.1, 0.15) is 30.0 Å². The number of likely N-dealkylation sites (tertiary alicyclic amines) is 1. The van der Waals surface area contributed by atoms with Crippen molar-refractivity contribution in [2.24, 2.45) is 0 Å². The number of halogens is 2. The van der Waals surface area contributed by atoms with Crippen LogP contribution in [0.4, 0.5) is 8.78 Å². The molecule has 2 aromatic carbocycles. The van der Waals surface area contributed by atoms with Crippen molar-refractivity contribution in [1.29, 1.82) is 0 Å². The summed E-state index contributed by atoms with van der Waals surface area (Å²) in [6.45, 7) is 2.65. The molecule has 2 heterocycles. The number of hydrogen-bond donors (Lipinski definition) is 0. The Morgan fingerprint density at radius 2 is 1.78 bits per heavy atom. The van der Waals surface area contributed by atoms with Gasteiger partial charge in [-0.25, -0.2) is 8.78 Å². The Balaban J connectivity index is 1.56. The van der Waals surface area contributed by atoms with Gasteiger partial charge in [-0.2, -0.15) is 0 Å². The van der Waals surface area contributed by atoms with Gasteiger partial charge in [-0.05, 0) is 49.2 Å². The van der Waals surface area contributed by atoms with Gasteiger partial charge in [0.1, 0.15) is 11.6 Å². The lowest BCUT2D eigenvalue weighted by atomic mass is 9.91. The van der Waals surface area contributed by atoms with Crippen molar-refractivity contribution in [1.82, 2.24) is 14.9 Å². The van der Waals surface area contributed by atoms with E-state index in [1.54, 1.807) is 18.5 Å². The summed E-state index contributed by atoms with van der Waals surface area (Å²) in [6, 6.07) is 13.2. The van der Waals surface area contributed by atoms with Gasteiger partial charge in [-0.1, -0.05) is 24.3 Å². The van der Waals surface area contributed by atoms with E-state index in [0.29, 0.717) is 0 Å². The Labute approximate surface area is 157 Å². The first kappa shape index (κ1) is 17.7. The molecular weight excluding hydrogens is 344 g/mol. The lowest BCUT2D eigenvalue weighted by Crippen LogP contribution is -2.34. The summed E-state index contributed by atoms with van der Waals surface area (Å²) in [5.41, 5.74) is 3.54. The Hall–Kier alpha value is -2.66. The monoisotopic (exact) mass is 365 g/mol. The van der Waals surface area contributed by atoms with Crippen LogP contribution < -0.4 is 0 Å². The van der Waals surface area contributed by atoms with E-state index in [4.69, 9.17) is 0 Å². The van der Waals surface area contributed by atoms with E-state index >= 15 is 0 Å². The number of aromatic nitrogens is 2. The normalized spacial score (nSPS) is 17.8. The van der Waals surface area contributed by atoms with Crippen molar-refractivity contribution in [3.63, 3.8) is 0 Å².